The average molecular weight is 342 g/mol. The number of hydrogen-bond acceptors (Lipinski definition) is 3. The number of carbonyl (C=O) groups is 1. The van der Waals surface area contributed by atoms with Crippen LogP contribution in [0.15, 0.2) is 47.2 Å². The van der Waals surface area contributed by atoms with Crippen LogP contribution in [0, 0.1) is 0 Å². The SMILES string of the molecule is CN(C(=O)C(F)(F)c1ncccc1Br)c1ccccn1. The summed E-state index contributed by atoms with van der Waals surface area (Å²) in [5, 5.41) is 0. The number of halogens is 3. The van der Waals surface area contributed by atoms with E-state index < -0.39 is 17.5 Å². The van der Waals surface area contributed by atoms with Crippen molar-refractivity contribution in [3.8, 4) is 0 Å². The average Bonchev–Trinajstić information content (AvgIpc) is 2.47. The van der Waals surface area contributed by atoms with Crippen LogP contribution in [0.2, 0.25) is 0 Å². The molecule has 0 radical (unpaired) electrons. The van der Waals surface area contributed by atoms with Crippen molar-refractivity contribution in [1.82, 2.24) is 9.97 Å². The highest BCUT2D eigenvalue weighted by atomic mass is 79.9. The fourth-order valence-electron chi connectivity index (χ4n) is 1.58. The summed E-state index contributed by atoms with van der Waals surface area (Å²) in [6.07, 6.45) is 2.63. The maximum Gasteiger partial charge on any atom is 0.367 e. The molecular formula is C13H10BrF2N3O. The maximum absolute atomic E-state index is 14.2. The van der Waals surface area contributed by atoms with Gasteiger partial charge in [-0.25, -0.2) is 4.98 Å². The number of hydrogen-bond donors (Lipinski definition) is 0. The number of alkyl halides is 2. The molecule has 104 valence electrons. The van der Waals surface area contributed by atoms with Crippen LogP contribution in [-0.4, -0.2) is 22.9 Å². The topological polar surface area (TPSA) is 46.1 Å². The van der Waals surface area contributed by atoms with Crippen molar-refractivity contribution in [2.45, 2.75) is 5.92 Å². The Labute approximate surface area is 122 Å². The van der Waals surface area contributed by atoms with Gasteiger partial charge in [0.15, 0.2) is 0 Å². The molecule has 1 amide bonds. The summed E-state index contributed by atoms with van der Waals surface area (Å²) in [7, 11) is 1.25. The summed E-state index contributed by atoms with van der Waals surface area (Å²) in [4.78, 5) is 20.3. The molecule has 7 heteroatoms. The molecule has 0 aliphatic carbocycles. The summed E-state index contributed by atoms with van der Waals surface area (Å²) in [5.41, 5.74) is -0.618. The first kappa shape index (κ1) is 14.5. The smallest absolute Gasteiger partial charge is 0.294 e. The van der Waals surface area contributed by atoms with E-state index in [0.29, 0.717) is 0 Å². The van der Waals surface area contributed by atoms with Crippen molar-refractivity contribution in [2.24, 2.45) is 0 Å². The minimum Gasteiger partial charge on any atom is -0.294 e. The number of carbonyl (C=O) groups excluding carboxylic acids is 1. The third kappa shape index (κ3) is 2.67. The Morgan fingerprint density at radius 3 is 2.50 bits per heavy atom. The Morgan fingerprint density at radius 2 is 1.90 bits per heavy atom. The van der Waals surface area contributed by atoms with E-state index in [4.69, 9.17) is 0 Å². The normalized spacial score (nSPS) is 11.2. The molecule has 0 saturated heterocycles. The number of rotatable bonds is 3. The van der Waals surface area contributed by atoms with Crippen LogP contribution in [0.1, 0.15) is 5.69 Å². The van der Waals surface area contributed by atoms with Crippen LogP contribution in [0.3, 0.4) is 0 Å². The third-order valence-corrected chi connectivity index (χ3v) is 3.26. The fourth-order valence-corrected chi connectivity index (χ4v) is 2.09. The lowest BCUT2D eigenvalue weighted by Crippen LogP contribution is -2.40. The van der Waals surface area contributed by atoms with Gasteiger partial charge in [0.25, 0.3) is 0 Å². The van der Waals surface area contributed by atoms with Gasteiger partial charge in [0.05, 0.1) is 0 Å². The lowest BCUT2D eigenvalue weighted by Gasteiger charge is -2.22. The van der Waals surface area contributed by atoms with Gasteiger partial charge in [-0.05, 0) is 40.2 Å². The van der Waals surface area contributed by atoms with Crippen LogP contribution in [-0.2, 0) is 10.7 Å². The molecule has 2 heterocycles. The Kier molecular flexibility index (Phi) is 4.08. The molecule has 2 aromatic heterocycles. The van der Waals surface area contributed by atoms with Crippen molar-refractivity contribution in [1.29, 1.82) is 0 Å². The Hall–Kier alpha value is -1.89. The molecule has 0 bridgehead atoms. The second kappa shape index (κ2) is 5.62. The molecule has 0 fully saturated rings. The number of pyridine rings is 2. The van der Waals surface area contributed by atoms with E-state index in [1.165, 1.54) is 37.6 Å². The molecule has 0 spiro atoms. The van der Waals surface area contributed by atoms with Crippen LogP contribution in [0.5, 0.6) is 0 Å². The largest absolute Gasteiger partial charge is 0.367 e. The minimum atomic E-state index is -3.74. The maximum atomic E-state index is 14.2. The van der Waals surface area contributed by atoms with Crippen LogP contribution in [0.25, 0.3) is 0 Å². The molecule has 0 saturated carbocycles. The van der Waals surface area contributed by atoms with Crippen molar-refractivity contribution in [3.05, 3.63) is 52.9 Å². The van der Waals surface area contributed by atoms with E-state index in [9.17, 15) is 13.6 Å². The molecule has 2 rings (SSSR count). The highest BCUT2D eigenvalue weighted by molar-refractivity contribution is 9.10. The van der Waals surface area contributed by atoms with Crippen molar-refractivity contribution >= 4 is 27.7 Å². The van der Waals surface area contributed by atoms with Crippen LogP contribution in [0.4, 0.5) is 14.6 Å². The summed E-state index contributed by atoms with van der Waals surface area (Å²) in [5.74, 6) is -4.99. The minimum absolute atomic E-state index is 0.0766. The summed E-state index contributed by atoms with van der Waals surface area (Å²) < 4.78 is 28.5. The molecule has 0 atom stereocenters. The van der Waals surface area contributed by atoms with Gasteiger partial charge in [-0.3, -0.25) is 14.7 Å². The molecule has 0 N–H and O–H groups in total. The second-order valence-electron chi connectivity index (χ2n) is 3.96. The lowest BCUT2D eigenvalue weighted by molar-refractivity contribution is -0.144. The summed E-state index contributed by atoms with van der Waals surface area (Å²) >= 11 is 2.98. The van der Waals surface area contributed by atoms with E-state index in [0.717, 1.165) is 4.90 Å². The quantitative estimate of drug-likeness (QED) is 0.862. The monoisotopic (exact) mass is 341 g/mol. The van der Waals surface area contributed by atoms with Gasteiger partial charge in [-0.15, -0.1) is 0 Å². The molecule has 0 aliphatic heterocycles. The van der Waals surface area contributed by atoms with E-state index >= 15 is 0 Å². The predicted octanol–water partition coefficient (Wildman–Crippen LogP) is 2.99. The van der Waals surface area contributed by atoms with Crippen molar-refractivity contribution in [3.63, 3.8) is 0 Å². The standard InChI is InChI=1S/C13H10BrF2N3O/c1-19(10-6-2-3-7-17-10)12(20)13(15,16)11-9(14)5-4-8-18-11/h2-8H,1H3. The van der Waals surface area contributed by atoms with Gasteiger partial charge in [-0.1, -0.05) is 6.07 Å². The molecule has 0 unspecified atom stereocenters. The van der Waals surface area contributed by atoms with Crippen LogP contribution < -0.4 is 4.90 Å². The molecular weight excluding hydrogens is 332 g/mol. The first-order valence-corrected chi connectivity index (χ1v) is 6.42. The zero-order chi connectivity index (χ0) is 14.8. The van der Waals surface area contributed by atoms with Gasteiger partial charge >= 0.3 is 11.8 Å². The number of amides is 1. The Balaban J connectivity index is 2.35. The number of nitrogens with zero attached hydrogens (tertiary/aromatic N) is 3. The molecule has 4 nitrogen and oxygen atoms in total. The second-order valence-corrected chi connectivity index (χ2v) is 4.81. The van der Waals surface area contributed by atoms with E-state index in [2.05, 4.69) is 25.9 Å². The van der Waals surface area contributed by atoms with Gasteiger partial charge < -0.3 is 0 Å². The van der Waals surface area contributed by atoms with Gasteiger partial charge in [0.2, 0.25) is 0 Å². The molecule has 0 aromatic carbocycles. The summed E-state index contributed by atoms with van der Waals surface area (Å²) in [6, 6.07) is 7.62. The first-order chi connectivity index (χ1) is 9.44. The zero-order valence-electron chi connectivity index (χ0n) is 10.4. The molecule has 2 aromatic rings. The zero-order valence-corrected chi connectivity index (χ0v) is 12.0. The van der Waals surface area contributed by atoms with Crippen molar-refractivity contribution < 1.29 is 13.6 Å². The lowest BCUT2D eigenvalue weighted by atomic mass is 10.2. The Bertz CT molecular complexity index is 622. The third-order valence-electron chi connectivity index (χ3n) is 2.62. The molecule has 20 heavy (non-hydrogen) atoms. The highest BCUT2D eigenvalue weighted by Crippen LogP contribution is 2.34. The predicted molar refractivity (Wildman–Crippen MR) is 73.5 cm³/mol. The van der Waals surface area contributed by atoms with Gasteiger partial charge in [-0.2, -0.15) is 8.78 Å². The first-order valence-electron chi connectivity index (χ1n) is 5.62. The number of aromatic nitrogens is 2. The van der Waals surface area contributed by atoms with Crippen molar-refractivity contribution in [2.75, 3.05) is 11.9 Å². The number of likely N-dealkylation sites (N-methyl/N-ethyl adjacent to an activating group) is 1. The van der Waals surface area contributed by atoms with Gasteiger partial charge in [0.1, 0.15) is 11.5 Å². The summed E-state index contributed by atoms with van der Waals surface area (Å²) in [6.45, 7) is 0. The van der Waals surface area contributed by atoms with E-state index in [1.807, 2.05) is 0 Å². The highest BCUT2D eigenvalue weighted by Gasteiger charge is 2.46. The molecule has 0 aliphatic rings. The van der Waals surface area contributed by atoms with Crippen LogP contribution >= 0.6 is 15.9 Å². The Morgan fingerprint density at radius 1 is 1.20 bits per heavy atom. The fraction of sp³-hybridized carbons (Fsp3) is 0.154. The van der Waals surface area contributed by atoms with Gasteiger partial charge in [0, 0.05) is 23.9 Å². The number of anilines is 1. The van der Waals surface area contributed by atoms with E-state index in [1.54, 1.807) is 12.1 Å². The van der Waals surface area contributed by atoms with E-state index in [-0.39, 0.29) is 10.3 Å².